The molecule has 0 radical (unpaired) electrons. The summed E-state index contributed by atoms with van der Waals surface area (Å²) in [7, 11) is 3.65. The minimum Gasteiger partial charge on any atom is -0.396 e. The summed E-state index contributed by atoms with van der Waals surface area (Å²) in [6.45, 7) is 0.220. The van der Waals surface area contributed by atoms with Crippen LogP contribution in [-0.2, 0) is 16.1 Å². The molecule has 2 N–H and O–H groups in total. The maximum Gasteiger partial charge on any atom is 0.258 e. The summed E-state index contributed by atoms with van der Waals surface area (Å²) in [6, 6.07) is 6.33. The predicted octanol–water partition coefficient (Wildman–Crippen LogP) is 0.631. The Balaban J connectivity index is 1.60. The van der Waals surface area contributed by atoms with Crippen LogP contribution in [0.3, 0.4) is 0 Å². The van der Waals surface area contributed by atoms with Crippen molar-refractivity contribution in [1.82, 2.24) is 24.7 Å². The van der Waals surface area contributed by atoms with Gasteiger partial charge < -0.3 is 24.8 Å². The molecule has 0 unspecified atom stereocenters. The molecule has 0 spiro atoms. The van der Waals surface area contributed by atoms with Crippen LogP contribution in [-0.4, -0.2) is 75.6 Å². The van der Waals surface area contributed by atoms with Gasteiger partial charge in [-0.15, -0.1) is 0 Å². The van der Waals surface area contributed by atoms with Gasteiger partial charge in [-0.05, 0) is 63.2 Å². The standard InChI is InChI=1S/C25H31N5O4/c1-28(2)13-21(32)30-20-12-29-19(7-6-17(25(29)34)15-8-10-26-11-9-15)23(30)22(18(20)14-31)24(33)27-16-4-3-5-16/h6-11,16,18,20,22-23,31H,3-5,12-14H2,1-2H3,(H,27,33)/t18-,20-,22+,23+/m0/s1. The van der Waals surface area contributed by atoms with E-state index < -0.39 is 23.9 Å². The fraction of sp³-hybridized carbons (Fsp3) is 0.520. The van der Waals surface area contributed by atoms with Gasteiger partial charge in [0.05, 0.1) is 24.5 Å². The average molecular weight is 466 g/mol. The number of amides is 2. The number of hydrogen-bond donors (Lipinski definition) is 2. The molecule has 9 nitrogen and oxygen atoms in total. The van der Waals surface area contributed by atoms with Crippen molar-refractivity contribution in [2.24, 2.45) is 11.8 Å². The van der Waals surface area contributed by atoms with Crippen LogP contribution in [0.1, 0.15) is 31.0 Å². The Bertz CT molecular complexity index is 1140. The fourth-order valence-corrected chi connectivity index (χ4v) is 5.70. The second-order valence-electron chi connectivity index (χ2n) is 9.88. The summed E-state index contributed by atoms with van der Waals surface area (Å²) >= 11 is 0. The van der Waals surface area contributed by atoms with E-state index in [4.69, 9.17) is 0 Å². The molecule has 34 heavy (non-hydrogen) atoms. The fourth-order valence-electron chi connectivity index (χ4n) is 5.70. The number of rotatable bonds is 6. The summed E-state index contributed by atoms with van der Waals surface area (Å²) in [4.78, 5) is 48.0. The second kappa shape index (κ2) is 8.96. The van der Waals surface area contributed by atoms with E-state index in [1.807, 2.05) is 20.2 Å². The quantitative estimate of drug-likeness (QED) is 0.648. The normalized spacial score (nSPS) is 25.7. The van der Waals surface area contributed by atoms with E-state index in [-0.39, 0.29) is 43.1 Å². The molecule has 2 fully saturated rings. The molecule has 2 amide bonds. The number of aromatic nitrogens is 2. The molecule has 180 valence electrons. The van der Waals surface area contributed by atoms with E-state index in [1.54, 1.807) is 45.0 Å². The lowest BCUT2D eigenvalue weighted by atomic mass is 9.85. The zero-order chi connectivity index (χ0) is 24.0. The first kappa shape index (κ1) is 22.7. The van der Waals surface area contributed by atoms with Crippen molar-refractivity contribution < 1.29 is 14.7 Å². The van der Waals surface area contributed by atoms with E-state index in [1.165, 1.54) is 0 Å². The molecular formula is C25H31N5O4. The maximum absolute atomic E-state index is 13.6. The van der Waals surface area contributed by atoms with Gasteiger partial charge in [0, 0.05) is 48.8 Å². The largest absolute Gasteiger partial charge is 0.396 e. The molecule has 1 aliphatic carbocycles. The number of nitrogens with zero attached hydrogens (tertiary/aromatic N) is 4. The monoisotopic (exact) mass is 465 g/mol. The number of fused-ring (bicyclic) bond motifs is 4. The van der Waals surface area contributed by atoms with Gasteiger partial charge in [0.25, 0.3) is 5.56 Å². The van der Waals surface area contributed by atoms with Crippen LogP contribution in [0.2, 0.25) is 0 Å². The van der Waals surface area contributed by atoms with Crippen LogP contribution in [0.25, 0.3) is 11.1 Å². The van der Waals surface area contributed by atoms with E-state index >= 15 is 0 Å². The molecule has 1 saturated carbocycles. The predicted molar refractivity (Wildman–Crippen MR) is 126 cm³/mol. The Kier molecular flexibility index (Phi) is 5.99. The third kappa shape index (κ3) is 3.73. The smallest absolute Gasteiger partial charge is 0.258 e. The molecule has 2 aromatic rings. The van der Waals surface area contributed by atoms with Crippen LogP contribution >= 0.6 is 0 Å². The van der Waals surface area contributed by atoms with E-state index in [0.29, 0.717) is 11.3 Å². The van der Waals surface area contributed by atoms with Gasteiger partial charge in [-0.3, -0.25) is 19.4 Å². The second-order valence-corrected chi connectivity index (χ2v) is 9.88. The lowest BCUT2D eigenvalue weighted by molar-refractivity contribution is -0.137. The van der Waals surface area contributed by atoms with E-state index in [0.717, 1.165) is 24.8 Å². The Labute approximate surface area is 198 Å². The summed E-state index contributed by atoms with van der Waals surface area (Å²) in [5.74, 6) is -1.30. The topological polar surface area (TPSA) is 108 Å². The molecule has 2 bridgehead atoms. The Morgan fingerprint density at radius 3 is 2.53 bits per heavy atom. The number of aliphatic hydroxyl groups is 1. The van der Waals surface area contributed by atoms with Crippen molar-refractivity contribution in [1.29, 1.82) is 0 Å². The minimum absolute atomic E-state index is 0.102. The highest BCUT2D eigenvalue weighted by molar-refractivity contribution is 5.85. The first-order chi connectivity index (χ1) is 16.4. The van der Waals surface area contributed by atoms with E-state index in [2.05, 4.69) is 10.3 Å². The Morgan fingerprint density at radius 1 is 1.18 bits per heavy atom. The van der Waals surface area contributed by atoms with Gasteiger partial charge in [-0.25, -0.2) is 0 Å². The van der Waals surface area contributed by atoms with E-state index in [9.17, 15) is 19.5 Å². The molecule has 5 rings (SSSR count). The minimum atomic E-state index is -0.610. The number of hydrogen-bond acceptors (Lipinski definition) is 6. The summed E-state index contributed by atoms with van der Waals surface area (Å²) in [5, 5.41) is 13.5. The molecule has 0 aromatic carbocycles. The highest BCUT2D eigenvalue weighted by Crippen LogP contribution is 2.48. The lowest BCUT2D eigenvalue weighted by Gasteiger charge is -2.39. The van der Waals surface area contributed by atoms with Crippen LogP contribution in [0.15, 0.2) is 41.5 Å². The Hall–Kier alpha value is -3.04. The summed E-state index contributed by atoms with van der Waals surface area (Å²) < 4.78 is 1.70. The average Bonchev–Trinajstić information content (AvgIpc) is 3.04. The Morgan fingerprint density at radius 2 is 1.91 bits per heavy atom. The zero-order valence-electron chi connectivity index (χ0n) is 19.6. The van der Waals surface area contributed by atoms with Gasteiger partial charge in [0.2, 0.25) is 11.8 Å². The van der Waals surface area contributed by atoms with Crippen molar-refractivity contribution in [2.45, 2.75) is 43.9 Å². The third-order valence-electron chi connectivity index (χ3n) is 7.53. The number of pyridine rings is 2. The number of likely N-dealkylation sites (N-methyl/N-ethyl adjacent to an activating group) is 1. The van der Waals surface area contributed by atoms with Gasteiger partial charge >= 0.3 is 0 Å². The van der Waals surface area contributed by atoms with Crippen molar-refractivity contribution in [3.05, 3.63) is 52.7 Å². The van der Waals surface area contributed by atoms with Gasteiger partial charge in [-0.1, -0.05) is 0 Å². The molecular weight excluding hydrogens is 434 g/mol. The summed E-state index contributed by atoms with van der Waals surface area (Å²) in [5.41, 5.74) is 1.81. The number of carbonyl (C=O) groups is 2. The highest BCUT2D eigenvalue weighted by atomic mass is 16.3. The van der Waals surface area contributed by atoms with Crippen molar-refractivity contribution >= 4 is 11.8 Å². The molecule has 4 heterocycles. The zero-order valence-corrected chi connectivity index (χ0v) is 19.6. The van der Waals surface area contributed by atoms with Crippen molar-refractivity contribution in [3.8, 4) is 11.1 Å². The first-order valence-electron chi connectivity index (χ1n) is 11.9. The molecule has 2 aromatic heterocycles. The molecule has 9 heteroatoms. The van der Waals surface area contributed by atoms with Gasteiger partial charge in [-0.2, -0.15) is 0 Å². The van der Waals surface area contributed by atoms with Gasteiger partial charge in [0.1, 0.15) is 0 Å². The number of aliphatic hydroxyl groups excluding tert-OH is 1. The molecule has 2 aliphatic heterocycles. The number of nitrogens with one attached hydrogen (secondary N) is 1. The van der Waals surface area contributed by atoms with Crippen molar-refractivity contribution in [3.63, 3.8) is 0 Å². The van der Waals surface area contributed by atoms with Gasteiger partial charge in [0.15, 0.2) is 0 Å². The SMILES string of the molecule is CN(C)CC(=O)N1[C@@H]2c3ccc(-c4ccncc4)c(=O)n3C[C@H]1[C@H](CO)[C@H]2C(=O)NC1CCC1. The number of carbonyl (C=O) groups excluding carboxylic acids is 2. The van der Waals surface area contributed by atoms with Crippen LogP contribution in [0.5, 0.6) is 0 Å². The molecule has 4 atom stereocenters. The highest BCUT2D eigenvalue weighted by Gasteiger charge is 2.57. The third-order valence-corrected chi connectivity index (χ3v) is 7.53. The maximum atomic E-state index is 13.6. The van der Waals surface area contributed by atoms with Crippen LogP contribution in [0, 0.1) is 11.8 Å². The molecule has 3 aliphatic rings. The van der Waals surface area contributed by atoms with Crippen molar-refractivity contribution in [2.75, 3.05) is 27.2 Å². The summed E-state index contributed by atoms with van der Waals surface area (Å²) in [6.07, 6.45) is 6.28. The van der Waals surface area contributed by atoms with Crippen LogP contribution < -0.4 is 10.9 Å². The molecule has 1 saturated heterocycles. The first-order valence-corrected chi connectivity index (χ1v) is 11.9. The van der Waals surface area contributed by atoms with Crippen LogP contribution in [0.4, 0.5) is 0 Å². The lowest BCUT2D eigenvalue weighted by Crippen LogP contribution is -2.51.